The highest BCUT2D eigenvalue weighted by atomic mass is 16.5. The zero-order valence-electron chi connectivity index (χ0n) is 16.8. The molecule has 0 spiro atoms. The number of fused-ring (bicyclic) bond motifs is 1. The van der Waals surface area contributed by atoms with E-state index in [0.29, 0.717) is 38.2 Å². The molecule has 156 valence electrons. The molecule has 0 unspecified atom stereocenters. The lowest BCUT2D eigenvalue weighted by Gasteiger charge is -2.40. The van der Waals surface area contributed by atoms with Crippen LogP contribution in [0, 0.1) is 5.92 Å². The van der Waals surface area contributed by atoms with Crippen LogP contribution < -0.4 is 5.32 Å². The van der Waals surface area contributed by atoms with Crippen LogP contribution >= 0.6 is 0 Å². The fraction of sp³-hybridized carbons (Fsp3) is 0.571. The summed E-state index contributed by atoms with van der Waals surface area (Å²) in [6.45, 7) is 1.53. The van der Waals surface area contributed by atoms with E-state index in [0.717, 1.165) is 30.2 Å². The summed E-state index contributed by atoms with van der Waals surface area (Å²) in [5.74, 6) is 0.224. The summed E-state index contributed by atoms with van der Waals surface area (Å²) in [5.41, 5.74) is 0.612. The maximum Gasteiger partial charge on any atom is 0.250 e. The van der Waals surface area contributed by atoms with Crippen LogP contribution in [-0.2, 0) is 20.9 Å². The Kier molecular flexibility index (Phi) is 5.56. The third-order valence-electron chi connectivity index (χ3n) is 6.11. The number of nitrogens with one attached hydrogen (secondary N) is 1. The number of aromatic nitrogens is 2. The van der Waals surface area contributed by atoms with E-state index in [4.69, 9.17) is 4.74 Å². The predicted molar refractivity (Wildman–Crippen MR) is 108 cm³/mol. The number of amides is 2. The number of likely N-dealkylation sites (tertiary alicyclic amines) is 1. The molecule has 1 saturated heterocycles. The second kappa shape index (κ2) is 8.12. The zero-order chi connectivity index (χ0) is 20.4. The van der Waals surface area contributed by atoms with Crippen molar-refractivity contribution in [2.24, 2.45) is 5.92 Å². The molecule has 2 N–H and O–H groups in total. The van der Waals surface area contributed by atoms with Crippen LogP contribution in [-0.4, -0.2) is 64.0 Å². The minimum Gasteiger partial charge on any atom is -0.388 e. The van der Waals surface area contributed by atoms with E-state index in [9.17, 15) is 14.7 Å². The first kappa shape index (κ1) is 19.8. The van der Waals surface area contributed by atoms with Crippen molar-refractivity contribution in [2.45, 2.75) is 44.2 Å². The van der Waals surface area contributed by atoms with Crippen molar-refractivity contribution in [3.8, 4) is 0 Å². The molecule has 1 aliphatic heterocycles. The average Bonchev–Trinajstić information content (AvgIpc) is 3.02. The highest BCUT2D eigenvalue weighted by Crippen LogP contribution is 2.32. The molecule has 2 aliphatic rings. The van der Waals surface area contributed by atoms with E-state index >= 15 is 0 Å². The lowest BCUT2D eigenvalue weighted by Crippen LogP contribution is -2.50. The van der Waals surface area contributed by atoms with Gasteiger partial charge in [0.2, 0.25) is 11.8 Å². The van der Waals surface area contributed by atoms with E-state index in [2.05, 4.69) is 10.4 Å². The van der Waals surface area contributed by atoms with Crippen molar-refractivity contribution < 1.29 is 19.4 Å². The Balaban J connectivity index is 1.43. The Morgan fingerprint density at radius 3 is 2.72 bits per heavy atom. The number of hydrogen-bond donors (Lipinski definition) is 2. The maximum absolute atomic E-state index is 12.4. The molecule has 29 heavy (non-hydrogen) atoms. The quantitative estimate of drug-likeness (QED) is 0.770. The van der Waals surface area contributed by atoms with Crippen LogP contribution in [0.4, 0.5) is 5.69 Å². The predicted octanol–water partition coefficient (Wildman–Crippen LogP) is 1.77. The molecule has 1 aromatic carbocycles. The topological polar surface area (TPSA) is 96.7 Å². The summed E-state index contributed by atoms with van der Waals surface area (Å²) >= 11 is 0. The van der Waals surface area contributed by atoms with E-state index in [1.807, 2.05) is 23.1 Å². The van der Waals surface area contributed by atoms with Crippen LogP contribution in [0.15, 0.2) is 24.4 Å². The van der Waals surface area contributed by atoms with Gasteiger partial charge in [0, 0.05) is 37.2 Å². The normalized spacial score (nSPS) is 19.2. The van der Waals surface area contributed by atoms with Gasteiger partial charge in [-0.1, -0.05) is 6.42 Å². The molecule has 1 saturated carbocycles. The van der Waals surface area contributed by atoms with Gasteiger partial charge in [-0.3, -0.25) is 14.3 Å². The second-order valence-corrected chi connectivity index (χ2v) is 8.23. The average molecular weight is 400 g/mol. The van der Waals surface area contributed by atoms with Crippen LogP contribution in [0.3, 0.4) is 0 Å². The number of aliphatic hydroxyl groups is 1. The Hall–Kier alpha value is -2.45. The summed E-state index contributed by atoms with van der Waals surface area (Å²) in [7, 11) is 1.48. The van der Waals surface area contributed by atoms with E-state index < -0.39 is 5.60 Å². The summed E-state index contributed by atoms with van der Waals surface area (Å²) < 4.78 is 6.63. The zero-order valence-corrected chi connectivity index (χ0v) is 16.8. The Bertz CT molecular complexity index is 897. The number of hydrogen-bond acceptors (Lipinski definition) is 5. The lowest BCUT2D eigenvalue weighted by atomic mass is 9.83. The number of benzene rings is 1. The van der Waals surface area contributed by atoms with Gasteiger partial charge >= 0.3 is 0 Å². The fourth-order valence-electron chi connectivity index (χ4n) is 4.10. The Morgan fingerprint density at radius 2 is 2.07 bits per heavy atom. The van der Waals surface area contributed by atoms with E-state index in [-0.39, 0.29) is 24.3 Å². The smallest absolute Gasteiger partial charge is 0.250 e. The fourth-order valence-corrected chi connectivity index (χ4v) is 4.10. The molecule has 2 heterocycles. The third kappa shape index (κ3) is 4.28. The first-order chi connectivity index (χ1) is 14.0. The maximum atomic E-state index is 12.4. The molecular weight excluding hydrogens is 372 g/mol. The van der Waals surface area contributed by atoms with Crippen molar-refractivity contribution in [2.75, 3.05) is 32.1 Å². The molecular formula is C21H28N4O4. The number of anilines is 1. The SMILES string of the molecule is COCC(=O)Nc1ccc2cnn(CC3(O)CCN(C(=O)C4CCC4)CC3)c2c1. The van der Waals surface area contributed by atoms with Crippen LogP contribution in [0.1, 0.15) is 32.1 Å². The van der Waals surface area contributed by atoms with Gasteiger partial charge in [0.1, 0.15) is 6.61 Å². The number of carbonyl (C=O) groups excluding carboxylic acids is 2. The first-order valence-corrected chi connectivity index (χ1v) is 10.2. The van der Waals surface area contributed by atoms with Crippen molar-refractivity contribution in [1.29, 1.82) is 0 Å². The van der Waals surface area contributed by atoms with E-state index in [1.165, 1.54) is 7.11 Å². The highest BCUT2D eigenvalue weighted by Gasteiger charge is 2.37. The highest BCUT2D eigenvalue weighted by molar-refractivity contribution is 5.94. The minimum absolute atomic E-state index is 0.00682. The van der Waals surface area contributed by atoms with Crippen LogP contribution in [0.2, 0.25) is 0 Å². The van der Waals surface area contributed by atoms with Gasteiger partial charge in [-0.05, 0) is 43.9 Å². The Labute approximate surface area is 169 Å². The molecule has 2 amide bonds. The number of rotatable bonds is 6. The minimum atomic E-state index is -0.898. The number of piperidine rings is 1. The molecule has 0 bridgehead atoms. The van der Waals surface area contributed by atoms with Gasteiger partial charge in [0.15, 0.2) is 0 Å². The van der Waals surface area contributed by atoms with Gasteiger partial charge in [-0.25, -0.2) is 0 Å². The molecule has 0 radical (unpaired) electrons. The van der Waals surface area contributed by atoms with Gasteiger partial charge in [-0.15, -0.1) is 0 Å². The van der Waals surface area contributed by atoms with Crippen molar-refractivity contribution in [1.82, 2.24) is 14.7 Å². The van der Waals surface area contributed by atoms with Gasteiger partial charge < -0.3 is 20.1 Å². The number of carbonyl (C=O) groups is 2. The molecule has 2 aromatic rings. The second-order valence-electron chi connectivity index (χ2n) is 8.23. The molecule has 8 heteroatoms. The molecule has 1 aliphatic carbocycles. The largest absolute Gasteiger partial charge is 0.388 e. The van der Waals surface area contributed by atoms with E-state index in [1.54, 1.807) is 10.9 Å². The monoisotopic (exact) mass is 400 g/mol. The standard InChI is InChI=1S/C21H28N4O4/c1-29-13-19(26)23-17-6-5-16-12-22-25(18(16)11-17)14-21(28)7-9-24(10-8-21)20(27)15-3-2-4-15/h5-6,11-12,15,28H,2-4,7-10,13-14H2,1H3,(H,23,26). The van der Waals surface area contributed by atoms with Crippen LogP contribution in [0.5, 0.6) is 0 Å². The molecule has 2 fully saturated rings. The summed E-state index contributed by atoms with van der Waals surface area (Å²) in [4.78, 5) is 26.1. The Morgan fingerprint density at radius 1 is 1.31 bits per heavy atom. The van der Waals surface area contributed by atoms with Gasteiger partial charge in [-0.2, -0.15) is 5.10 Å². The van der Waals surface area contributed by atoms with Gasteiger partial charge in [0.05, 0.1) is 23.9 Å². The van der Waals surface area contributed by atoms with Crippen molar-refractivity contribution in [3.05, 3.63) is 24.4 Å². The number of ether oxygens (including phenoxy) is 1. The summed E-state index contributed by atoms with van der Waals surface area (Å²) in [6, 6.07) is 5.57. The van der Waals surface area contributed by atoms with Crippen LogP contribution in [0.25, 0.3) is 10.9 Å². The summed E-state index contributed by atoms with van der Waals surface area (Å²) in [5, 5.41) is 19.3. The number of methoxy groups -OCH3 is 1. The molecule has 4 rings (SSSR count). The van der Waals surface area contributed by atoms with Crippen molar-refractivity contribution >= 4 is 28.4 Å². The molecule has 1 aromatic heterocycles. The van der Waals surface area contributed by atoms with Gasteiger partial charge in [0.25, 0.3) is 0 Å². The summed E-state index contributed by atoms with van der Waals surface area (Å²) in [6.07, 6.45) is 5.99. The lowest BCUT2D eigenvalue weighted by molar-refractivity contribution is -0.142. The first-order valence-electron chi connectivity index (χ1n) is 10.2. The third-order valence-corrected chi connectivity index (χ3v) is 6.11. The molecule has 8 nitrogen and oxygen atoms in total. The number of nitrogens with zero attached hydrogens (tertiary/aromatic N) is 3. The van der Waals surface area contributed by atoms with Crippen molar-refractivity contribution in [3.63, 3.8) is 0 Å². The molecule has 0 atom stereocenters.